The molecule has 1 unspecified atom stereocenters. The molecule has 6 nitrogen and oxygen atoms in total. The van der Waals surface area contributed by atoms with Gasteiger partial charge < -0.3 is 20.3 Å². The highest BCUT2D eigenvalue weighted by Gasteiger charge is 2.32. The van der Waals surface area contributed by atoms with Crippen molar-refractivity contribution >= 4 is 11.9 Å². The second-order valence-corrected chi connectivity index (χ2v) is 6.07. The predicted molar refractivity (Wildman–Crippen MR) is 70.8 cm³/mol. The number of urea groups is 1. The monoisotopic (exact) mass is 269 g/mol. The molecule has 3 amide bonds. The number of ether oxygens (including phenoxy) is 1. The molecule has 0 aromatic carbocycles. The third-order valence-electron chi connectivity index (χ3n) is 3.72. The lowest BCUT2D eigenvalue weighted by molar-refractivity contribution is -0.126. The molecular weight excluding hydrogens is 246 g/mol. The van der Waals surface area contributed by atoms with Gasteiger partial charge in [-0.1, -0.05) is 0 Å². The third kappa shape index (κ3) is 3.83. The van der Waals surface area contributed by atoms with Crippen LogP contribution in [-0.4, -0.2) is 54.7 Å². The van der Waals surface area contributed by atoms with Crippen molar-refractivity contribution < 1.29 is 14.3 Å². The summed E-state index contributed by atoms with van der Waals surface area (Å²) in [6.07, 6.45) is 2.46. The largest absolute Gasteiger partial charge is 0.371 e. The summed E-state index contributed by atoms with van der Waals surface area (Å²) in [5, 5.41) is 5.63. The molecule has 19 heavy (non-hydrogen) atoms. The second kappa shape index (κ2) is 5.36. The van der Waals surface area contributed by atoms with Crippen molar-refractivity contribution in [1.29, 1.82) is 0 Å². The summed E-state index contributed by atoms with van der Waals surface area (Å²) in [4.78, 5) is 24.7. The Labute approximate surface area is 113 Å². The summed E-state index contributed by atoms with van der Waals surface area (Å²) < 4.78 is 5.80. The van der Waals surface area contributed by atoms with Crippen LogP contribution in [0.1, 0.15) is 33.1 Å². The molecular formula is C13H23N3O3. The molecule has 0 saturated carbocycles. The average molecular weight is 269 g/mol. The molecule has 2 saturated heterocycles. The first-order chi connectivity index (χ1) is 8.85. The number of carbonyl (C=O) groups excluding carboxylic acids is 2. The van der Waals surface area contributed by atoms with E-state index in [2.05, 4.69) is 24.5 Å². The lowest BCUT2D eigenvalue weighted by Crippen LogP contribution is -2.45. The molecule has 0 aliphatic carbocycles. The molecule has 6 heteroatoms. The molecule has 0 radical (unpaired) electrons. The van der Waals surface area contributed by atoms with Crippen molar-refractivity contribution in [2.45, 2.75) is 50.9 Å². The van der Waals surface area contributed by atoms with Gasteiger partial charge in [0.2, 0.25) is 5.91 Å². The molecule has 0 spiro atoms. The molecule has 2 N–H and O–H groups in total. The summed E-state index contributed by atoms with van der Waals surface area (Å²) >= 11 is 0. The fourth-order valence-corrected chi connectivity index (χ4v) is 2.62. The van der Waals surface area contributed by atoms with Crippen LogP contribution >= 0.6 is 0 Å². The Morgan fingerprint density at radius 2 is 2.26 bits per heavy atom. The van der Waals surface area contributed by atoms with Crippen LogP contribution in [0.15, 0.2) is 0 Å². The van der Waals surface area contributed by atoms with Crippen LogP contribution in [0.3, 0.4) is 0 Å². The van der Waals surface area contributed by atoms with E-state index in [4.69, 9.17) is 4.74 Å². The zero-order valence-corrected chi connectivity index (χ0v) is 11.9. The van der Waals surface area contributed by atoms with Crippen LogP contribution in [0.5, 0.6) is 0 Å². The van der Waals surface area contributed by atoms with Crippen molar-refractivity contribution in [2.24, 2.45) is 0 Å². The molecule has 2 atom stereocenters. The van der Waals surface area contributed by atoms with E-state index in [0.717, 1.165) is 12.8 Å². The number of likely N-dealkylation sites (N-methyl/N-ethyl adjacent to an activating group) is 1. The standard InChI is InChI=1S/C13H23N3O3/c1-13(2)5-4-10(19-13)7-14-12(18)15-9-6-11(17)16(3)8-9/h9-10H,4-8H2,1-3H3,(H2,14,15,18)/t9-,10?/m0/s1. The number of rotatable bonds is 3. The fraction of sp³-hybridized carbons (Fsp3) is 0.846. The highest BCUT2D eigenvalue weighted by molar-refractivity contribution is 5.81. The first-order valence-electron chi connectivity index (χ1n) is 6.82. The molecule has 2 aliphatic heterocycles. The summed E-state index contributed by atoms with van der Waals surface area (Å²) in [7, 11) is 1.75. The number of likely N-dealkylation sites (tertiary alicyclic amines) is 1. The van der Waals surface area contributed by atoms with Gasteiger partial charge in [-0.2, -0.15) is 0 Å². The third-order valence-corrected chi connectivity index (χ3v) is 3.72. The van der Waals surface area contributed by atoms with Crippen LogP contribution in [-0.2, 0) is 9.53 Å². The first kappa shape index (κ1) is 14.1. The van der Waals surface area contributed by atoms with Gasteiger partial charge in [-0.3, -0.25) is 4.79 Å². The molecule has 2 aliphatic rings. The molecule has 0 aromatic rings. The Balaban J connectivity index is 1.67. The molecule has 2 heterocycles. The van der Waals surface area contributed by atoms with Crippen molar-refractivity contribution in [3.8, 4) is 0 Å². The number of hydrogen-bond acceptors (Lipinski definition) is 3. The summed E-state index contributed by atoms with van der Waals surface area (Å²) in [5.74, 6) is 0.0752. The maximum Gasteiger partial charge on any atom is 0.315 e. The van der Waals surface area contributed by atoms with Gasteiger partial charge >= 0.3 is 6.03 Å². The minimum absolute atomic E-state index is 0.0752. The average Bonchev–Trinajstić information content (AvgIpc) is 2.80. The van der Waals surface area contributed by atoms with E-state index in [0.29, 0.717) is 19.5 Å². The maximum atomic E-state index is 11.7. The van der Waals surface area contributed by atoms with E-state index >= 15 is 0 Å². The number of hydrogen-bond donors (Lipinski definition) is 2. The zero-order chi connectivity index (χ0) is 14.0. The Morgan fingerprint density at radius 3 is 2.79 bits per heavy atom. The van der Waals surface area contributed by atoms with Crippen LogP contribution in [0.2, 0.25) is 0 Å². The second-order valence-electron chi connectivity index (χ2n) is 6.07. The van der Waals surface area contributed by atoms with Crippen molar-refractivity contribution in [3.05, 3.63) is 0 Å². The van der Waals surface area contributed by atoms with Gasteiger partial charge in [-0.15, -0.1) is 0 Å². The molecule has 2 rings (SSSR count). The lowest BCUT2D eigenvalue weighted by Gasteiger charge is -2.20. The Morgan fingerprint density at radius 1 is 1.53 bits per heavy atom. The van der Waals surface area contributed by atoms with Gasteiger partial charge in [-0.05, 0) is 26.7 Å². The van der Waals surface area contributed by atoms with Gasteiger partial charge in [-0.25, -0.2) is 4.79 Å². The quantitative estimate of drug-likeness (QED) is 0.782. The maximum absolute atomic E-state index is 11.7. The van der Waals surface area contributed by atoms with Crippen LogP contribution in [0.4, 0.5) is 4.79 Å². The zero-order valence-electron chi connectivity index (χ0n) is 11.9. The van der Waals surface area contributed by atoms with E-state index in [-0.39, 0.29) is 29.7 Å². The predicted octanol–water partition coefficient (Wildman–Crippen LogP) is 0.474. The normalized spacial score (nSPS) is 29.6. The van der Waals surface area contributed by atoms with Crippen molar-refractivity contribution in [2.75, 3.05) is 20.1 Å². The Hall–Kier alpha value is -1.30. The summed E-state index contributed by atoms with van der Waals surface area (Å²) in [6, 6.07) is -0.306. The minimum Gasteiger partial charge on any atom is -0.371 e. The molecule has 2 fully saturated rings. The Bertz CT molecular complexity index is 370. The van der Waals surface area contributed by atoms with Crippen molar-refractivity contribution in [3.63, 3.8) is 0 Å². The van der Waals surface area contributed by atoms with Gasteiger partial charge in [0.15, 0.2) is 0 Å². The van der Waals surface area contributed by atoms with Gasteiger partial charge in [0, 0.05) is 26.6 Å². The highest BCUT2D eigenvalue weighted by Crippen LogP contribution is 2.28. The minimum atomic E-state index is -0.221. The number of nitrogens with zero attached hydrogens (tertiary/aromatic N) is 1. The molecule has 108 valence electrons. The summed E-state index contributed by atoms with van der Waals surface area (Å²) in [5.41, 5.74) is -0.0800. The Kier molecular flexibility index (Phi) is 3.99. The number of nitrogens with one attached hydrogen (secondary N) is 2. The smallest absolute Gasteiger partial charge is 0.315 e. The fourth-order valence-electron chi connectivity index (χ4n) is 2.62. The van der Waals surface area contributed by atoms with Gasteiger partial charge in [0.1, 0.15) is 0 Å². The van der Waals surface area contributed by atoms with E-state index in [1.54, 1.807) is 11.9 Å². The van der Waals surface area contributed by atoms with E-state index < -0.39 is 0 Å². The van der Waals surface area contributed by atoms with Crippen molar-refractivity contribution in [1.82, 2.24) is 15.5 Å². The van der Waals surface area contributed by atoms with E-state index in [1.807, 2.05) is 0 Å². The number of amides is 3. The SMILES string of the molecule is CN1C[C@@H](NC(=O)NCC2CCC(C)(C)O2)CC1=O. The van der Waals surface area contributed by atoms with Crippen LogP contribution in [0, 0.1) is 0 Å². The lowest BCUT2D eigenvalue weighted by atomic mass is 10.1. The molecule has 0 aromatic heterocycles. The first-order valence-corrected chi connectivity index (χ1v) is 6.82. The van der Waals surface area contributed by atoms with Gasteiger partial charge in [0.25, 0.3) is 0 Å². The van der Waals surface area contributed by atoms with E-state index in [1.165, 1.54) is 0 Å². The summed E-state index contributed by atoms with van der Waals surface area (Å²) in [6.45, 7) is 5.23. The van der Waals surface area contributed by atoms with Crippen LogP contribution in [0.25, 0.3) is 0 Å². The van der Waals surface area contributed by atoms with Gasteiger partial charge in [0.05, 0.1) is 17.7 Å². The topological polar surface area (TPSA) is 70.7 Å². The molecule has 0 bridgehead atoms. The highest BCUT2D eigenvalue weighted by atomic mass is 16.5. The van der Waals surface area contributed by atoms with E-state index in [9.17, 15) is 9.59 Å². The van der Waals surface area contributed by atoms with Crippen LogP contribution < -0.4 is 10.6 Å². The number of carbonyl (C=O) groups is 2.